The number of nitrogens with one attached hydrogen (secondary N) is 3. The van der Waals surface area contributed by atoms with Crippen molar-refractivity contribution in [1.29, 1.82) is 0 Å². The maximum atomic E-state index is 12.3. The van der Waals surface area contributed by atoms with Gasteiger partial charge < -0.3 is 20.7 Å². The third-order valence-electron chi connectivity index (χ3n) is 4.34. The normalized spacial score (nSPS) is 10.5. The Morgan fingerprint density at radius 1 is 0.903 bits per heavy atom. The van der Waals surface area contributed by atoms with Crippen LogP contribution in [0, 0.1) is 5.92 Å². The molecule has 0 aliphatic rings. The minimum atomic E-state index is -0.223. The van der Waals surface area contributed by atoms with Crippen molar-refractivity contribution in [2.24, 2.45) is 5.92 Å². The lowest BCUT2D eigenvalue weighted by Gasteiger charge is -2.11. The molecule has 0 aliphatic heterocycles. The van der Waals surface area contributed by atoms with Crippen LogP contribution in [-0.4, -0.2) is 30.9 Å². The van der Waals surface area contributed by atoms with E-state index in [1.54, 1.807) is 42.5 Å². The standard InChI is InChI=1S/C24H31N3O4/c1-4-31-21-9-6-5-8-20(21)24(30)25-15-7-10-22(28)26-18-11-13-19(14-12-18)27-23(29)16-17(2)3/h5-6,8-9,11-14,17H,4,7,10,15-16H2,1-3H3,(H,25,30)(H,26,28)(H,27,29). The molecule has 3 amide bonds. The van der Waals surface area contributed by atoms with Crippen molar-refractivity contribution in [3.63, 3.8) is 0 Å². The molecule has 0 unspecified atom stereocenters. The van der Waals surface area contributed by atoms with E-state index in [-0.39, 0.29) is 24.1 Å². The highest BCUT2D eigenvalue weighted by Crippen LogP contribution is 2.18. The molecule has 7 heteroatoms. The predicted molar refractivity (Wildman–Crippen MR) is 122 cm³/mol. The van der Waals surface area contributed by atoms with E-state index in [2.05, 4.69) is 16.0 Å². The first-order chi connectivity index (χ1) is 14.9. The van der Waals surface area contributed by atoms with Crippen LogP contribution in [0.3, 0.4) is 0 Å². The van der Waals surface area contributed by atoms with Crippen molar-refractivity contribution in [2.45, 2.75) is 40.0 Å². The zero-order valence-corrected chi connectivity index (χ0v) is 18.4. The smallest absolute Gasteiger partial charge is 0.255 e. The summed E-state index contributed by atoms with van der Waals surface area (Å²) in [5.41, 5.74) is 1.83. The molecule has 2 aromatic rings. The summed E-state index contributed by atoms with van der Waals surface area (Å²) >= 11 is 0. The Hall–Kier alpha value is -3.35. The van der Waals surface area contributed by atoms with Gasteiger partial charge in [-0.15, -0.1) is 0 Å². The Kier molecular flexibility index (Phi) is 9.55. The molecule has 0 atom stereocenters. The third kappa shape index (κ3) is 8.50. The number of hydrogen-bond acceptors (Lipinski definition) is 4. The summed E-state index contributed by atoms with van der Waals surface area (Å²) in [6, 6.07) is 14.1. The van der Waals surface area contributed by atoms with Gasteiger partial charge in [0.25, 0.3) is 5.91 Å². The van der Waals surface area contributed by atoms with E-state index in [4.69, 9.17) is 4.74 Å². The molecule has 0 saturated carbocycles. The monoisotopic (exact) mass is 425 g/mol. The Labute approximate surface area is 183 Å². The van der Waals surface area contributed by atoms with Crippen LogP contribution >= 0.6 is 0 Å². The second-order valence-corrected chi connectivity index (χ2v) is 7.56. The molecule has 3 N–H and O–H groups in total. The number of rotatable bonds is 11. The molecule has 7 nitrogen and oxygen atoms in total. The molecule has 0 aromatic heterocycles. The van der Waals surface area contributed by atoms with Crippen LogP contribution in [0.2, 0.25) is 0 Å². The molecular weight excluding hydrogens is 394 g/mol. The number of anilines is 2. The van der Waals surface area contributed by atoms with Crippen LogP contribution in [0.1, 0.15) is 50.4 Å². The number of ether oxygens (including phenoxy) is 1. The summed E-state index contributed by atoms with van der Waals surface area (Å²) in [6.07, 6.45) is 1.25. The van der Waals surface area contributed by atoms with Gasteiger partial charge in [-0.2, -0.15) is 0 Å². The summed E-state index contributed by atoms with van der Waals surface area (Å²) < 4.78 is 5.47. The Balaban J connectivity index is 1.72. The van der Waals surface area contributed by atoms with Gasteiger partial charge in [0.2, 0.25) is 11.8 Å². The van der Waals surface area contributed by atoms with Crippen molar-refractivity contribution in [1.82, 2.24) is 5.32 Å². The number of amides is 3. The largest absolute Gasteiger partial charge is 0.493 e. The molecule has 0 fully saturated rings. The first-order valence-corrected chi connectivity index (χ1v) is 10.6. The lowest BCUT2D eigenvalue weighted by Crippen LogP contribution is -2.26. The molecule has 31 heavy (non-hydrogen) atoms. The van der Waals surface area contributed by atoms with Gasteiger partial charge in [-0.05, 0) is 55.7 Å². The summed E-state index contributed by atoms with van der Waals surface area (Å²) in [5.74, 6) is 0.449. The molecular formula is C24H31N3O4. The zero-order valence-electron chi connectivity index (χ0n) is 18.4. The summed E-state index contributed by atoms with van der Waals surface area (Å²) in [6.45, 7) is 6.71. The lowest BCUT2D eigenvalue weighted by molar-refractivity contribution is -0.117. The van der Waals surface area contributed by atoms with Gasteiger partial charge in [-0.1, -0.05) is 26.0 Å². The van der Waals surface area contributed by atoms with Gasteiger partial charge in [-0.25, -0.2) is 0 Å². The van der Waals surface area contributed by atoms with Gasteiger partial charge in [0.1, 0.15) is 5.75 Å². The highest BCUT2D eigenvalue weighted by atomic mass is 16.5. The fourth-order valence-corrected chi connectivity index (χ4v) is 2.92. The van der Waals surface area contributed by atoms with Crippen LogP contribution in [0.25, 0.3) is 0 Å². The average Bonchev–Trinajstić information content (AvgIpc) is 2.72. The molecule has 2 rings (SSSR count). The highest BCUT2D eigenvalue weighted by molar-refractivity contribution is 5.97. The third-order valence-corrected chi connectivity index (χ3v) is 4.34. The van der Waals surface area contributed by atoms with E-state index < -0.39 is 0 Å². The average molecular weight is 426 g/mol. The quantitative estimate of drug-likeness (QED) is 0.470. The van der Waals surface area contributed by atoms with E-state index in [1.807, 2.05) is 26.8 Å². The number of benzene rings is 2. The molecule has 0 radical (unpaired) electrons. The number of hydrogen-bond donors (Lipinski definition) is 3. The van der Waals surface area contributed by atoms with Crippen molar-refractivity contribution in [3.05, 3.63) is 54.1 Å². The first kappa shape index (κ1) is 23.9. The van der Waals surface area contributed by atoms with Gasteiger partial charge in [0, 0.05) is 30.8 Å². The van der Waals surface area contributed by atoms with Gasteiger partial charge in [0.05, 0.1) is 12.2 Å². The summed E-state index contributed by atoms with van der Waals surface area (Å²) in [4.78, 5) is 36.3. The van der Waals surface area contributed by atoms with E-state index in [1.165, 1.54) is 0 Å². The number of carbonyl (C=O) groups excluding carboxylic acids is 3. The van der Waals surface area contributed by atoms with Crippen molar-refractivity contribution >= 4 is 29.1 Å². The van der Waals surface area contributed by atoms with E-state index in [9.17, 15) is 14.4 Å². The minimum Gasteiger partial charge on any atom is -0.493 e. The first-order valence-electron chi connectivity index (χ1n) is 10.6. The van der Waals surface area contributed by atoms with Gasteiger partial charge in [-0.3, -0.25) is 14.4 Å². The molecule has 0 spiro atoms. The van der Waals surface area contributed by atoms with Crippen LogP contribution in [-0.2, 0) is 9.59 Å². The Morgan fingerprint density at radius 2 is 1.52 bits per heavy atom. The van der Waals surface area contributed by atoms with E-state index in [0.717, 1.165) is 0 Å². The van der Waals surface area contributed by atoms with Crippen molar-refractivity contribution in [3.8, 4) is 5.75 Å². The van der Waals surface area contributed by atoms with E-state index in [0.29, 0.717) is 54.6 Å². The summed E-state index contributed by atoms with van der Waals surface area (Å²) in [5, 5.41) is 8.46. The molecule has 166 valence electrons. The SMILES string of the molecule is CCOc1ccccc1C(=O)NCCCC(=O)Nc1ccc(NC(=O)CC(C)C)cc1. The van der Waals surface area contributed by atoms with Gasteiger partial charge >= 0.3 is 0 Å². The number of para-hydroxylation sites is 1. The molecule has 0 bridgehead atoms. The maximum absolute atomic E-state index is 12.3. The number of carbonyl (C=O) groups is 3. The topological polar surface area (TPSA) is 96.5 Å². The van der Waals surface area contributed by atoms with Crippen molar-refractivity contribution in [2.75, 3.05) is 23.8 Å². The van der Waals surface area contributed by atoms with Crippen LogP contribution in [0.5, 0.6) is 5.75 Å². The van der Waals surface area contributed by atoms with Crippen LogP contribution in [0.15, 0.2) is 48.5 Å². The van der Waals surface area contributed by atoms with Gasteiger partial charge in [0.15, 0.2) is 0 Å². The molecule has 2 aromatic carbocycles. The van der Waals surface area contributed by atoms with Crippen LogP contribution < -0.4 is 20.7 Å². The zero-order chi connectivity index (χ0) is 22.6. The van der Waals surface area contributed by atoms with Crippen molar-refractivity contribution < 1.29 is 19.1 Å². The maximum Gasteiger partial charge on any atom is 0.255 e. The minimum absolute atomic E-state index is 0.0299. The fraction of sp³-hybridized carbons (Fsp3) is 0.375. The molecule has 0 aliphatic carbocycles. The Morgan fingerprint density at radius 3 is 2.13 bits per heavy atom. The van der Waals surface area contributed by atoms with Crippen LogP contribution in [0.4, 0.5) is 11.4 Å². The Bertz CT molecular complexity index is 879. The fourth-order valence-electron chi connectivity index (χ4n) is 2.92. The lowest BCUT2D eigenvalue weighted by atomic mass is 10.1. The summed E-state index contributed by atoms with van der Waals surface area (Å²) in [7, 11) is 0. The molecule has 0 heterocycles. The second kappa shape index (κ2) is 12.4. The predicted octanol–water partition coefficient (Wildman–Crippen LogP) is 4.22. The molecule has 0 saturated heterocycles. The highest BCUT2D eigenvalue weighted by Gasteiger charge is 2.11. The van der Waals surface area contributed by atoms with E-state index >= 15 is 0 Å². The second-order valence-electron chi connectivity index (χ2n) is 7.56.